The van der Waals surface area contributed by atoms with Crippen molar-refractivity contribution in [2.24, 2.45) is 0 Å². The van der Waals surface area contributed by atoms with E-state index in [0.29, 0.717) is 40.2 Å². The molecule has 0 radical (unpaired) electrons. The lowest BCUT2D eigenvalue weighted by Crippen LogP contribution is -2.62. The number of piperidine rings is 1. The summed E-state index contributed by atoms with van der Waals surface area (Å²) in [6, 6.07) is 16.8. The van der Waals surface area contributed by atoms with Crippen LogP contribution in [0.2, 0.25) is 10.0 Å². The Hall–Kier alpha value is -4.18. The molecule has 0 bridgehead atoms. The second-order valence-corrected chi connectivity index (χ2v) is 17.1. The average Bonchev–Trinajstić information content (AvgIpc) is 3.78. The molecule has 3 aliphatic heterocycles. The van der Waals surface area contributed by atoms with E-state index < -0.39 is 27.8 Å². The molecule has 56 heavy (non-hydrogen) atoms. The molecule has 0 aliphatic carbocycles. The van der Waals surface area contributed by atoms with E-state index in [1.165, 1.54) is 17.5 Å². The quantitative estimate of drug-likeness (QED) is 0.196. The van der Waals surface area contributed by atoms with Crippen LogP contribution in [-0.4, -0.2) is 92.5 Å². The zero-order valence-electron chi connectivity index (χ0n) is 31.8. The SMILES string of the molecule is CCOc1cc(OC)c(S(=O)(=O)N2CCCCC2)cc1C1(C(=O)N2CCN(C(=O)c3c(C)noc3C)CC2)N[C@H](c2ccc(Cl)cc2)[C@H](c2ccc(Cl)cc2)N1. The number of aryl methyl sites for hydroxylation is 2. The fourth-order valence-electron chi connectivity index (χ4n) is 7.97. The van der Waals surface area contributed by atoms with E-state index in [0.717, 1.165) is 30.4 Å². The van der Waals surface area contributed by atoms with Gasteiger partial charge in [0.15, 0.2) is 5.66 Å². The first-order chi connectivity index (χ1) is 26.9. The minimum atomic E-state index is -4.07. The first kappa shape index (κ1) is 40.0. The zero-order chi connectivity index (χ0) is 39.8. The van der Waals surface area contributed by atoms with Crippen LogP contribution in [0.5, 0.6) is 11.5 Å². The van der Waals surface area contributed by atoms with E-state index in [1.807, 2.05) is 31.2 Å². The van der Waals surface area contributed by atoms with Gasteiger partial charge in [0, 0.05) is 60.9 Å². The molecule has 0 saturated carbocycles. The first-order valence-electron chi connectivity index (χ1n) is 18.8. The number of nitrogens with one attached hydrogen (secondary N) is 2. The Balaban J connectivity index is 1.37. The normalized spacial score (nSPS) is 22.0. The van der Waals surface area contributed by atoms with Crippen molar-refractivity contribution in [1.82, 2.24) is 29.9 Å². The number of ether oxygens (including phenoxy) is 2. The van der Waals surface area contributed by atoms with Crippen LogP contribution < -0.4 is 20.1 Å². The Morgan fingerprint density at radius 3 is 1.89 bits per heavy atom. The van der Waals surface area contributed by atoms with Gasteiger partial charge in [-0.05, 0) is 75.1 Å². The van der Waals surface area contributed by atoms with Crippen molar-refractivity contribution in [2.75, 3.05) is 53.0 Å². The molecule has 2 N–H and O–H groups in total. The van der Waals surface area contributed by atoms with Crippen LogP contribution in [0.25, 0.3) is 0 Å². The predicted molar refractivity (Wildman–Crippen MR) is 212 cm³/mol. The topological polar surface area (TPSA) is 147 Å². The molecule has 1 aromatic heterocycles. The molecule has 2 amide bonds. The van der Waals surface area contributed by atoms with Gasteiger partial charge >= 0.3 is 0 Å². The smallest absolute Gasteiger partial charge is 0.262 e. The summed E-state index contributed by atoms with van der Waals surface area (Å²) in [6.07, 6.45) is 2.43. The number of carbonyl (C=O) groups is 2. The lowest BCUT2D eigenvalue weighted by Gasteiger charge is -2.41. The number of rotatable bonds is 10. The van der Waals surface area contributed by atoms with Crippen molar-refractivity contribution in [1.29, 1.82) is 0 Å². The molecule has 3 atom stereocenters. The summed E-state index contributed by atoms with van der Waals surface area (Å²) >= 11 is 12.7. The van der Waals surface area contributed by atoms with E-state index in [9.17, 15) is 13.2 Å². The Morgan fingerprint density at radius 2 is 1.39 bits per heavy atom. The monoisotopic (exact) mass is 824 g/mol. The van der Waals surface area contributed by atoms with Crippen molar-refractivity contribution < 1.29 is 32.0 Å². The number of hydrogen-bond acceptors (Lipinski definition) is 10. The number of piperazine rings is 1. The number of carbonyl (C=O) groups excluding carboxylic acids is 2. The second kappa shape index (κ2) is 16.4. The fourth-order valence-corrected chi connectivity index (χ4v) is 9.90. The molecule has 3 fully saturated rings. The van der Waals surface area contributed by atoms with Gasteiger partial charge in [0.25, 0.3) is 11.8 Å². The van der Waals surface area contributed by atoms with Crippen molar-refractivity contribution in [2.45, 2.75) is 62.7 Å². The van der Waals surface area contributed by atoms with E-state index in [2.05, 4.69) is 15.8 Å². The van der Waals surface area contributed by atoms with E-state index in [-0.39, 0.29) is 66.6 Å². The van der Waals surface area contributed by atoms with Crippen LogP contribution in [0.1, 0.15) is 76.8 Å². The minimum absolute atomic E-state index is 0.0657. The Labute approximate surface area is 337 Å². The number of benzene rings is 3. The van der Waals surface area contributed by atoms with Crippen molar-refractivity contribution in [3.8, 4) is 11.5 Å². The number of amides is 2. The van der Waals surface area contributed by atoms with Gasteiger partial charge in [-0.3, -0.25) is 20.2 Å². The molecule has 13 nitrogen and oxygen atoms in total. The number of halogens is 2. The van der Waals surface area contributed by atoms with Gasteiger partial charge in [-0.2, -0.15) is 4.31 Å². The van der Waals surface area contributed by atoms with E-state index in [4.69, 9.17) is 37.2 Å². The van der Waals surface area contributed by atoms with Gasteiger partial charge in [0.05, 0.1) is 31.5 Å². The molecule has 1 unspecified atom stereocenters. The number of nitrogens with zero attached hydrogens (tertiary/aromatic N) is 4. The summed E-state index contributed by atoms with van der Waals surface area (Å²) in [4.78, 5) is 32.5. The zero-order valence-corrected chi connectivity index (χ0v) is 34.1. The standard InChI is InChI=1S/C40H46Cl2N6O7S/c1-5-54-32-24-33(53-4)34(56(51,52)48-17-7-6-8-18-48)23-31(32)40(39(50)47-21-19-46(20-22-47)38(49)35-25(2)45-55-26(35)3)43-36(27-9-13-29(41)14-10-27)37(44-40)28-11-15-30(42)16-12-28/h9-16,23-24,36-37,43-44H,5-8,17-22H2,1-4H3/t36-,37+,40?. The van der Waals surface area contributed by atoms with E-state index in [1.54, 1.807) is 54.0 Å². The summed E-state index contributed by atoms with van der Waals surface area (Å²) in [5.41, 5.74) is 1.12. The highest BCUT2D eigenvalue weighted by molar-refractivity contribution is 7.89. The van der Waals surface area contributed by atoms with Gasteiger partial charge in [-0.25, -0.2) is 8.42 Å². The van der Waals surface area contributed by atoms with Crippen LogP contribution >= 0.6 is 23.2 Å². The predicted octanol–water partition coefficient (Wildman–Crippen LogP) is 5.99. The van der Waals surface area contributed by atoms with E-state index >= 15 is 4.79 Å². The number of aromatic nitrogens is 1. The fraction of sp³-hybridized carbons (Fsp3) is 0.425. The lowest BCUT2D eigenvalue weighted by molar-refractivity contribution is -0.141. The maximum atomic E-state index is 15.6. The van der Waals surface area contributed by atoms with Gasteiger partial charge in [0.2, 0.25) is 10.0 Å². The van der Waals surface area contributed by atoms with Gasteiger partial charge in [0.1, 0.15) is 27.7 Å². The van der Waals surface area contributed by atoms with Gasteiger partial charge in [-0.1, -0.05) is 59.0 Å². The lowest BCUT2D eigenvalue weighted by atomic mass is 9.95. The van der Waals surface area contributed by atoms with Crippen LogP contribution in [-0.2, 0) is 20.5 Å². The molecule has 16 heteroatoms. The van der Waals surface area contributed by atoms with Crippen LogP contribution in [0.3, 0.4) is 0 Å². The third-order valence-corrected chi connectivity index (χ3v) is 13.3. The molecule has 3 aromatic carbocycles. The molecule has 298 valence electrons. The number of hydrogen-bond donors (Lipinski definition) is 2. The highest BCUT2D eigenvalue weighted by atomic mass is 35.5. The molecule has 4 heterocycles. The molecule has 0 spiro atoms. The Kier molecular flexibility index (Phi) is 11.7. The summed E-state index contributed by atoms with van der Waals surface area (Å²) in [5, 5.41) is 12.4. The number of methoxy groups -OCH3 is 1. The average molecular weight is 826 g/mol. The largest absolute Gasteiger partial charge is 0.495 e. The highest BCUT2D eigenvalue weighted by Gasteiger charge is 2.55. The highest BCUT2D eigenvalue weighted by Crippen LogP contribution is 2.47. The van der Waals surface area contributed by atoms with Crippen molar-refractivity contribution in [3.05, 3.63) is 104 Å². The van der Waals surface area contributed by atoms with Crippen molar-refractivity contribution in [3.63, 3.8) is 0 Å². The van der Waals surface area contributed by atoms with Crippen LogP contribution in [0, 0.1) is 13.8 Å². The second-order valence-electron chi connectivity index (χ2n) is 14.3. The molecular formula is C40H46Cl2N6O7S. The summed E-state index contributed by atoms with van der Waals surface area (Å²) in [6.45, 7) is 7.14. The maximum Gasteiger partial charge on any atom is 0.262 e. The van der Waals surface area contributed by atoms with Crippen LogP contribution in [0.15, 0.2) is 70.1 Å². The molecule has 3 saturated heterocycles. The van der Waals surface area contributed by atoms with Gasteiger partial charge < -0.3 is 23.8 Å². The third-order valence-electron chi connectivity index (χ3n) is 10.9. The maximum absolute atomic E-state index is 15.6. The summed E-state index contributed by atoms with van der Waals surface area (Å²) in [7, 11) is -2.65. The minimum Gasteiger partial charge on any atom is -0.495 e. The van der Waals surface area contributed by atoms with Crippen molar-refractivity contribution >= 4 is 45.0 Å². The molecule has 7 rings (SSSR count). The molecular weight excluding hydrogens is 779 g/mol. The van der Waals surface area contributed by atoms with Crippen LogP contribution in [0.4, 0.5) is 0 Å². The summed E-state index contributed by atoms with van der Waals surface area (Å²) < 4.78 is 47.6. The van der Waals surface area contributed by atoms with Gasteiger partial charge in [-0.15, -0.1) is 0 Å². The Morgan fingerprint density at radius 1 is 0.839 bits per heavy atom. The first-order valence-corrected chi connectivity index (χ1v) is 21.0. The molecule has 3 aliphatic rings. The molecule has 4 aromatic rings. The number of sulfonamides is 1. The third kappa shape index (κ3) is 7.50. The summed E-state index contributed by atoms with van der Waals surface area (Å²) in [5.74, 6) is 0.230. The Bertz CT molecular complexity index is 2110.